The first-order chi connectivity index (χ1) is 10.2. The molecule has 0 fully saturated rings. The quantitative estimate of drug-likeness (QED) is 0.934. The molecule has 1 atom stereocenters. The van der Waals surface area contributed by atoms with Gasteiger partial charge in [0, 0.05) is 29.5 Å². The molecule has 5 nitrogen and oxygen atoms in total. The third-order valence-corrected chi connectivity index (χ3v) is 3.41. The SMILES string of the molecule is COc1cc(C)nc(COc2ccc3c(c2)OCC3N)c1. The van der Waals surface area contributed by atoms with Crippen molar-refractivity contribution in [1.82, 2.24) is 4.98 Å². The summed E-state index contributed by atoms with van der Waals surface area (Å²) >= 11 is 0. The molecule has 1 aliphatic rings. The minimum Gasteiger partial charge on any atom is -0.497 e. The zero-order valence-corrected chi connectivity index (χ0v) is 12.1. The van der Waals surface area contributed by atoms with Gasteiger partial charge in [0.25, 0.3) is 0 Å². The summed E-state index contributed by atoms with van der Waals surface area (Å²) in [6.45, 7) is 2.83. The zero-order chi connectivity index (χ0) is 14.8. The number of aromatic nitrogens is 1. The molecule has 0 radical (unpaired) electrons. The maximum atomic E-state index is 5.92. The van der Waals surface area contributed by atoms with Gasteiger partial charge in [-0.3, -0.25) is 4.98 Å². The Morgan fingerprint density at radius 3 is 2.95 bits per heavy atom. The number of pyridine rings is 1. The summed E-state index contributed by atoms with van der Waals surface area (Å²) in [5.41, 5.74) is 8.67. The number of rotatable bonds is 4. The molecule has 0 saturated carbocycles. The molecule has 1 aromatic heterocycles. The molecule has 5 heteroatoms. The number of hydrogen-bond donors (Lipinski definition) is 1. The number of nitrogens with zero attached hydrogens (tertiary/aromatic N) is 1. The Morgan fingerprint density at radius 1 is 1.29 bits per heavy atom. The van der Waals surface area contributed by atoms with E-state index in [-0.39, 0.29) is 6.04 Å². The second-order valence-corrected chi connectivity index (χ2v) is 5.05. The molecule has 0 aliphatic carbocycles. The van der Waals surface area contributed by atoms with Crippen LogP contribution >= 0.6 is 0 Å². The van der Waals surface area contributed by atoms with Crippen molar-refractivity contribution >= 4 is 0 Å². The predicted octanol–water partition coefficient (Wildman–Crippen LogP) is 2.37. The third kappa shape index (κ3) is 2.92. The number of aryl methyl sites for hydroxylation is 1. The highest BCUT2D eigenvalue weighted by Gasteiger charge is 2.20. The second-order valence-electron chi connectivity index (χ2n) is 5.05. The highest BCUT2D eigenvalue weighted by atomic mass is 16.5. The lowest BCUT2D eigenvalue weighted by atomic mass is 10.1. The highest BCUT2D eigenvalue weighted by molar-refractivity contribution is 5.44. The van der Waals surface area contributed by atoms with Gasteiger partial charge in [0.1, 0.15) is 30.5 Å². The van der Waals surface area contributed by atoms with Crippen LogP contribution in [0.15, 0.2) is 30.3 Å². The lowest BCUT2D eigenvalue weighted by Gasteiger charge is -2.09. The fraction of sp³-hybridized carbons (Fsp3) is 0.312. The Morgan fingerprint density at radius 2 is 2.14 bits per heavy atom. The molecule has 0 spiro atoms. The van der Waals surface area contributed by atoms with E-state index in [1.807, 2.05) is 37.3 Å². The van der Waals surface area contributed by atoms with Crippen LogP contribution in [0.2, 0.25) is 0 Å². The Hall–Kier alpha value is -2.27. The monoisotopic (exact) mass is 286 g/mol. The third-order valence-electron chi connectivity index (χ3n) is 3.41. The number of fused-ring (bicyclic) bond motifs is 1. The van der Waals surface area contributed by atoms with Gasteiger partial charge >= 0.3 is 0 Å². The summed E-state index contributed by atoms with van der Waals surface area (Å²) in [4.78, 5) is 4.43. The number of benzene rings is 1. The highest BCUT2D eigenvalue weighted by Crippen LogP contribution is 2.34. The van der Waals surface area contributed by atoms with Gasteiger partial charge in [-0.2, -0.15) is 0 Å². The van der Waals surface area contributed by atoms with E-state index in [0.29, 0.717) is 13.2 Å². The summed E-state index contributed by atoms with van der Waals surface area (Å²) in [6.07, 6.45) is 0. The maximum Gasteiger partial charge on any atom is 0.130 e. The van der Waals surface area contributed by atoms with Gasteiger partial charge < -0.3 is 19.9 Å². The van der Waals surface area contributed by atoms with Crippen molar-refractivity contribution in [3.63, 3.8) is 0 Å². The number of nitrogens with two attached hydrogens (primary N) is 1. The van der Waals surface area contributed by atoms with E-state index in [4.69, 9.17) is 19.9 Å². The second kappa shape index (κ2) is 5.61. The Labute approximate surface area is 123 Å². The first kappa shape index (κ1) is 13.7. The average Bonchev–Trinajstić information content (AvgIpc) is 2.85. The van der Waals surface area contributed by atoms with Gasteiger partial charge in [-0.15, -0.1) is 0 Å². The molecule has 2 heterocycles. The van der Waals surface area contributed by atoms with Crippen LogP contribution in [-0.4, -0.2) is 18.7 Å². The molecule has 1 aromatic carbocycles. The fourth-order valence-electron chi connectivity index (χ4n) is 2.36. The van der Waals surface area contributed by atoms with Gasteiger partial charge in [0.15, 0.2) is 0 Å². The lowest BCUT2D eigenvalue weighted by Crippen LogP contribution is -2.10. The summed E-state index contributed by atoms with van der Waals surface area (Å²) in [6, 6.07) is 9.43. The van der Waals surface area contributed by atoms with Crippen molar-refractivity contribution in [3.8, 4) is 17.2 Å². The van der Waals surface area contributed by atoms with Gasteiger partial charge in [-0.1, -0.05) is 0 Å². The molecule has 0 saturated heterocycles. The van der Waals surface area contributed by atoms with Gasteiger partial charge in [0.2, 0.25) is 0 Å². The van der Waals surface area contributed by atoms with Crippen molar-refractivity contribution in [2.45, 2.75) is 19.6 Å². The molecule has 0 amide bonds. The van der Waals surface area contributed by atoms with E-state index < -0.39 is 0 Å². The normalized spacial score (nSPS) is 16.2. The van der Waals surface area contributed by atoms with E-state index in [9.17, 15) is 0 Å². The van der Waals surface area contributed by atoms with Gasteiger partial charge in [-0.25, -0.2) is 0 Å². The number of hydrogen-bond acceptors (Lipinski definition) is 5. The molecule has 2 aromatic rings. The first-order valence-corrected chi connectivity index (χ1v) is 6.82. The van der Waals surface area contributed by atoms with Crippen molar-refractivity contribution in [3.05, 3.63) is 47.3 Å². The Balaban J connectivity index is 1.72. The largest absolute Gasteiger partial charge is 0.497 e. The Kier molecular flexibility index (Phi) is 3.66. The van der Waals surface area contributed by atoms with E-state index in [2.05, 4.69) is 4.98 Å². The van der Waals surface area contributed by atoms with Crippen LogP contribution in [0.5, 0.6) is 17.2 Å². The minimum absolute atomic E-state index is 0.0447. The molecule has 1 unspecified atom stereocenters. The Bertz CT molecular complexity index is 658. The van der Waals surface area contributed by atoms with Crippen LogP contribution in [0, 0.1) is 6.92 Å². The van der Waals surface area contributed by atoms with E-state index in [1.165, 1.54) is 0 Å². The standard InChI is InChI=1S/C16H18N2O3/c1-10-5-13(19-2)6-11(18-10)8-20-12-3-4-14-15(17)9-21-16(14)7-12/h3-7,15H,8-9,17H2,1-2H3. The van der Waals surface area contributed by atoms with Gasteiger partial charge in [-0.05, 0) is 19.1 Å². The summed E-state index contributed by atoms with van der Waals surface area (Å²) < 4.78 is 16.5. The van der Waals surface area contributed by atoms with Crippen molar-refractivity contribution in [2.75, 3.05) is 13.7 Å². The molecule has 21 heavy (non-hydrogen) atoms. The first-order valence-electron chi connectivity index (χ1n) is 6.82. The number of ether oxygens (including phenoxy) is 3. The van der Waals surface area contributed by atoms with Crippen LogP contribution < -0.4 is 19.9 Å². The van der Waals surface area contributed by atoms with Crippen molar-refractivity contribution in [2.24, 2.45) is 5.73 Å². The fourth-order valence-corrected chi connectivity index (χ4v) is 2.36. The molecule has 3 rings (SSSR count). The summed E-state index contributed by atoms with van der Waals surface area (Å²) in [5.74, 6) is 2.32. The predicted molar refractivity (Wildman–Crippen MR) is 78.7 cm³/mol. The minimum atomic E-state index is -0.0447. The number of methoxy groups -OCH3 is 1. The van der Waals surface area contributed by atoms with Crippen LogP contribution in [-0.2, 0) is 6.61 Å². The molecular formula is C16H18N2O3. The topological polar surface area (TPSA) is 66.6 Å². The van der Waals surface area contributed by atoms with E-state index >= 15 is 0 Å². The smallest absolute Gasteiger partial charge is 0.130 e. The zero-order valence-electron chi connectivity index (χ0n) is 12.1. The maximum absolute atomic E-state index is 5.92. The van der Waals surface area contributed by atoms with Crippen molar-refractivity contribution in [1.29, 1.82) is 0 Å². The van der Waals surface area contributed by atoms with Crippen molar-refractivity contribution < 1.29 is 14.2 Å². The van der Waals surface area contributed by atoms with Crippen LogP contribution in [0.25, 0.3) is 0 Å². The summed E-state index contributed by atoms with van der Waals surface area (Å²) in [7, 11) is 1.64. The molecular weight excluding hydrogens is 268 g/mol. The van der Waals surface area contributed by atoms with Crippen LogP contribution in [0.4, 0.5) is 0 Å². The molecule has 0 bridgehead atoms. The van der Waals surface area contributed by atoms with E-state index in [1.54, 1.807) is 7.11 Å². The molecule has 1 aliphatic heterocycles. The average molecular weight is 286 g/mol. The van der Waals surface area contributed by atoms with Gasteiger partial charge in [0.05, 0.1) is 18.8 Å². The van der Waals surface area contributed by atoms with Crippen LogP contribution in [0.3, 0.4) is 0 Å². The lowest BCUT2D eigenvalue weighted by molar-refractivity contribution is 0.295. The van der Waals surface area contributed by atoms with E-state index in [0.717, 1.165) is 34.2 Å². The summed E-state index contributed by atoms with van der Waals surface area (Å²) in [5, 5.41) is 0. The molecule has 2 N–H and O–H groups in total. The molecule has 110 valence electrons. The van der Waals surface area contributed by atoms with Crippen LogP contribution in [0.1, 0.15) is 23.0 Å².